The highest BCUT2D eigenvalue weighted by atomic mass is 16.4. The molecule has 2 rings (SSSR count). The summed E-state index contributed by atoms with van der Waals surface area (Å²) >= 11 is 0. The molecule has 2 N–H and O–H groups in total. The number of carbonyl (C=O) groups is 2. The van der Waals surface area contributed by atoms with Crippen molar-refractivity contribution < 1.29 is 14.7 Å². The fraction of sp³-hybridized carbons (Fsp3) is 0.545. The molecule has 6 heteroatoms. The van der Waals surface area contributed by atoms with Crippen molar-refractivity contribution in [2.75, 3.05) is 6.54 Å². The van der Waals surface area contributed by atoms with Crippen molar-refractivity contribution in [3.05, 3.63) is 18.0 Å². The molecule has 17 heavy (non-hydrogen) atoms. The van der Waals surface area contributed by atoms with Crippen LogP contribution in [0.4, 0.5) is 0 Å². The highest BCUT2D eigenvalue weighted by molar-refractivity contribution is 5.89. The minimum Gasteiger partial charge on any atom is -0.481 e. The van der Waals surface area contributed by atoms with Crippen molar-refractivity contribution >= 4 is 11.9 Å². The molecule has 1 aromatic rings. The number of carboxylic acid groups (broad SMARTS) is 1. The Hall–Kier alpha value is -1.85. The van der Waals surface area contributed by atoms with Gasteiger partial charge in [0.05, 0.1) is 11.8 Å². The number of carbonyl (C=O) groups excluding carboxylic acids is 1. The van der Waals surface area contributed by atoms with Crippen LogP contribution in [0.15, 0.2) is 12.3 Å². The van der Waals surface area contributed by atoms with Gasteiger partial charge in [0.1, 0.15) is 0 Å². The van der Waals surface area contributed by atoms with Gasteiger partial charge in [-0.05, 0) is 12.5 Å². The molecular formula is C11H15N3O3. The molecule has 2 unspecified atom stereocenters. The number of carboxylic acids is 1. The Balaban J connectivity index is 1.71. The Bertz CT molecular complexity index is 441. The number of nitrogens with one attached hydrogen (secondary N) is 1. The predicted octanol–water partition coefficient (Wildman–Crippen LogP) is -0.200. The van der Waals surface area contributed by atoms with Crippen LogP contribution in [-0.4, -0.2) is 33.3 Å². The molecule has 0 aliphatic heterocycles. The molecule has 1 amide bonds. The van der Waals surface area contributed by atoms with E-state index in [-0.39, 0.29) is 11.8 Å². The second-order valence-electron chi connectivity index (χ2n) is 4.27. The third-order valence-electron chi connectivity index (χ3n) is 3.05. The zero-order valence-corrected chi connectivity index (χ0v) is 9.59. The number of aryl methyl sites for hydroxylation is 1. The zero-order chi connectivity index (χ0) is 12.4. The fourth-order valence-corrected chi connectivity index (χ4v) is 1.85. The number of rotatable bonds is 5. The molecular weight excluding hydrogens is 222 g/mol. The smallest absolute Gasteiger partial charge is 0.307 e. The van der Waals surface area contributed by atoms with Gasteiger partial charge in [0.2, 0.25) is 5.91 Å². The van der Waals surface area contributed by atoms with E-state index in [1.807, 2.05) is 13.1 Å². The third-order valence-corrected chi connectivity index (χ3v) is 3.05. The first-order chi connectivity index (χ1) is 8.09. The monoisotopic (exact) mass is 237 g/mol. The highest BCUT2D eigenvalue weighted by Gasteiger charge is 2.48. The van der Waals surface area contributed by atoms with Crippen LogP contribution in [0.1, 0.15) is 12.1 Å². The van der Waals surface area contributed by atoms with Gasteiger partial charge < -0.3 is 10.4 Å². The number of amides is 1. The first kappa shape index (κ1) is 11.6. The molecule has 0 aromatic carbocycles. The molecule has 6 nitrogen and oxygen atoms in total. The van der Waals surface area contributed by atoms with Gasteiger partial charge in [0.15, 0.2) is 0 Å². The maximum atomic E-state index is 11.5. The summed E-state index contributed by atoms with van der Waals surface area (Å²) in [7, 11) is 1.85. The second kappa shape index (κ2) is 4.57. The van der Waals surface area contributed by atoms with E-state index in [1.54, 1.807) is 10.9 Å². The average molecular weight is 237 g/mol. The lowest BCUT2D eigenvalue weighted by Crippen LogP contribution is -2.28. The highest BCUT2D eigenvalue weighted by Crippen LogP contribution is 2.38. The van der Waals surface area contributed by atoms with Crippen molar-refractivity contribution in [3.63, 3.8) is 0 Å². The lowest BCUT2D eigenvalue weighted by molar-refractivity contribution is -0.140. The van der Waals surface area contributed by atoms with Crippen molar-refractivity contribution in [3.8, 4) is 0 Å². The molecule has 1 aliphatic rings. The summed E-state index contributed by atoms with van der Waals surface area (Å²) in [6, 6.07) is 1.89. The summed E-state index contributed by atoms with van der Waals surface area (Å²) in [5.41, 5.74) is 1.04. The van der Waals surface area contributed by atoms with Gasteiger partial charge in [-0.15, -0.1) is 0 Å². The van der Waals surface area contributed by atoms with E-state index in [4.69, 9.17) is 5.11 Å². The van der Waals surface area contributed by atoms with Crippen molar-refractivity contribution in [2.45, 2.75) is 12.8 Å². The van der Waals surface area contributed by atoms with Crippen molar-refractivity contribution in [1.29, 1.82) is 0 Å². The van der Waals surface area contributed by atoms with Crippen LogP contribution in [0.3, 0.4) is 0 Å². The number of aromatic nitrogens is 2. The van der Waals surface area contributed by atoms with Crippen molar-refractivity contribution in [1.82, 2.24) is 15.1 Å². The van der Waals surface area contributed by atoms with E-state index >= 15 is 0 Å². The Labute approximate surface area is 98.6 Å². The summed E-state index contributed by atoms with van der Waals surface area (Å²) in [6.45, 7) is 0.515. The topological polar surface area (TPSA) is 84.2 Å². The van der Waals surface area contributed by atoms with Gasteiger partial charge in [-0.25, -0.2) is 0 Å². The van der Waals surface area contributed by atoms with Crippen LogP contribution in [-0.2, 0) is 23.1 Å². The van der Waals surface area contributed by atoms with Crippen molar-refractivity contribution in [2.24, 2.45) is 18.9 Å². The van der Waals surface area contributed by atoms with Crippen LogP contribution in [0, 0.1) is 11.8 Å². The van der Waals surface area contributed by atoms with Crippen LogP contribution in [0.25, 0.3) is 0 Å². The van der Waals surface area contributed by atoms with E-state index in [1.165, 1.54) is 0 Å². The summed E-state index contributed by atoms with van der Waals surface area (Å²) in [4.78, 5) is 22.1. The number of hydrogen-bond donors (Lipinski definition) is 2. The summed E-state index contributed by atoms with van der Waals surface area (Å²) in [5.74, 6) is -1.85. The van der Waals surface area contributed by atoms with Crippen LogP contribution in [0.5, 0.6) is 0 Å². The molecule has 1 aromatic heterocycles. The Morgan fingerprint density at radius 3 is 2.88 bits per heavy atom. The number of aliphatic carboxylic acids is 1. The molecule has 2 atom stereocenters. The minimum atomic E-state index is -0.878. The zero-order valence-electron chi connectivity index (χ0n) is 9.59. The minimum absolute atomic E-state index is 0.153. The van der Waals surface area contributed by atoms with Gasteiger partial charge in [-0.1, -0.05) is 0 Å². The van der Waals surface area contributed by atoms with E-state index in [2.05, 4.69) is 10.4 Å². The molecule has 0 bridgehead atoms. The first-order valence-corrected chi connectivity index (χ1v) is 5.57. The summed E-state index contributed by atoms with van der Waals surface area (Å²) in [5, 5.41) is 15.5. The van der Waals surface area contributed by atoms with Crippen LogP contribution in [0.2, 0.25) is 0 Å². The fourth-order valence-electron chi connectivity index (χ4n) is 1.85. The van der Waals surface area contributed by atoms with Gasteiger partial charge in [0.25, 0.3) is 0 Å². The number of nitrogens with zero attached hydrogens (tertiary/aromatic N) is 2. The lowest BCUT2D eigenvalue weighted by atomic mass is 10.2. The average Bonchev–Trinajstić information content (AvgIpc) is 2.99. The predicted molar refractivity (Wildman–Crippen MR) is 59.2 cm³/mol. The van der Waals surface area contributed by atoms with Gasteiger partial charge >= 0.3 is 5.97 Å². The summed E-state index contributed by atoms with van der Waals surface area (Å²) in [6.07, 6.45) is 2.87. The standard InChI is InChI=1S/C11H15N3O3/c1-14-7(3-5-13-14)2-4-12-10(15)8-6-9(8)11(16)17/h3,5,8-9H,2,4,6H2,1H3,(H,12,15)(H,16,17). The molecule has 1 fully saturated rings. The van der Waals surface area contributed by atoms with E-state index in [0.29, 0.717) is 19.4 Å². The SMILES string of the molecule is Cn1nccc1CCNC(=O)C1CC1C(=O)O. The summed E-state index contributed by atoms with van der Waals surface area (Å²) < 4.78 is 1.75. The Morgan fingerprint density at radius 1 is 1.59 bits per heavy atom. The Kier molecular flexibility index (Phi) is 3.12. The first-order valence-electron chi connectivity index (χ1n) is 5.57. The Morgan fingerprint density at radius 2 is 2.35 bits per heavy atom. The molecule has 1 heterocycles. The molecule has 1 saturated carbocycles. The third kappa shape index (κ3) is 2.64. The molecule has 0 saturated heterocycles. The van der Waals surface area contributed by atoms with Gasteiger partial charge in [0, 0.05) is 31.9 Å². The lowest BCUT2D eigenvalue weighted by Gasteiger charge is -2.04. The number of hydrogen-bond acceptors (Lipinski definition) is 3. The molecule has 1 aliphatic carbocycles. The largest absolute Gasteiger partial charge is 0.481 e. The second-order valence-corrected chi connectivity index (χ2v) is 4.27. The normalized spacial score (nSPS) is 22.2. The van der Waals surface area contributed by atoms with Gasteiger partial charge in [-0.3, -0.25) is 14.3 Å². The van der Waals surface area contributed by atoms with E-state index in [0.717, 1.165) is 5.69 Å². The molecule has 92 valence electrons. The van der Waals surface area contributed by atoms with Crippen LogP contribution < -0.4 is 5.32 Å². The van der Waals surface area contributed by atoms with E-state index in [9.17, 15) is 9.59 Å². The maximum Gasteiger partial charge on any atom is 0.307 e. The van der Waals surface area contributed by atoms with E-state index < -0.39 is 11.9 Å². The molecule has 0 radical (unpaired) electrons. The van der Waals surface area contributed by atoms with Gasteiger partial charge in [-0.2, -0.15) is 5.10 Å². The quantitative estimate of drug-likeness (QED) is 0.742. The maximum absolute atomic E-state index is 11.5. The van der Waals surface area contributed by atoms with Crippen LogP contribution >= 0.6 is 0 Å². The molecule has 0 spiro atoms.